The van der Waals surface area contributed by atoms with Crippen molar-refractivity contribution in [3.05, 3.63) is 12.7 Å². The van der Waals surface area contributed by atoms with Gasteiger partial charge in [0.25, 0.3) is 0 Å². The van der Waals surface area contributed by atoms with Crippen LogP contribution in [0.15, 0.2) is 12.7 Å². The van der Waals surface area contributed by atoms with Crippen molar-refractivity contribution in [3.8, 4) is 0 Å². The molecule has 0 saturated heterocycles. The molecule has 2 atom stereocenters. The molecule has 0 saturated carbocycles. The zero-order valence-corrected chi connectivity index (χ0v) is 9.04. The molecule has 76 valence electrons. The molecule has 0 aliphatic carbocycles. The van der Waals surface area contributed by atoms with Gasteiger partial charge in [0.2, 0.25) is 0 Å². The first-order valence-corrected chi connectivity index (χ1v) is 4.64. The highest BCUT2D eigenvalue weighted by Gasteiger charge is 2.20. The van der Waals surface area contributed by atoms with Crippen molar-refractivity contribution in [2.24, 2.45) is 5.92 Å². The lowest BCUT2D eigenvalue weighted by molar-refractivity contribution is -0.111. The molecule has 0 unspecified atom stereocenters. The second-order valence-electron chi connectivity index (χ2n) is 4.31. The number of ether oxygens (including phenoxy) is 1. The van der Waals surface area contributed by atoms with E-state index in [1.54, 1.807) is 6.08 Å². The summed E-state index contributed by atoms with van der Waals surface area (Å²) in [5.41, 5.74) is -0.185. The zero-order valence-electron chi connectivity index (χ0n) is 9.04. The van der Waals surface area contributed by atoms with Crippen molar-refractivity contribution < 1.29 is 9.53 Å². The first-order chi connectivity index (χ1) is 5.90. The Balaban J connectivity index is 4.17. The van der Waals surface area contributed by atoms with Gasteiger partial charge in [-0.1, -0.05) is 13.0 Å². The monoisotopic (exact) mass is 184 g/mol. The van der Waals surface area contributed by atoms with Gasteiger partial charge in [0.1, 0.15) is 6.29 Å². The third-order valence-electron chi connectivity index (χ3n) is 1.75. The predicted molar refractivity (Wildman–Crippen MR) is 54.7 cm³/mol. The highest BCUT2D eigenvalue weighted by atomic mass is 16.5. The summed E-state index contributed by atoms with van der Waals surface area (Å²) in [5.74, 6) is 0.203. The van der Waals surface area contributed by atoms with Crippen LogP contribution in [-0.4, -0.2) is 18.0 Å². The van der Waals surface area contributed by atoms with E-state index in [2.05, 4.69) is 6.58 Å². The van der Waals surface area contributed by atoms with Gasteiger partial charge >= 0.3 is 0 Å². The van der Waals surface area contributed by atoms with E-state index in [4.69, 9.17) is 4.74 Å². The van der Waals surface area contributed by atoms with Crippen LogP contribution in [-0.2, 0) is 9.53 Å². The van der Waals surface area contributed by atoms with Gasteiger partial charge in [-0.2, -0.15) is 0 Å². The third kappa shape index (κ3) is 5.58. The van der Waals surface area contributed by atoms with E-state index in [1.807, 2.05) is 27.7 Å². The largest absolute Gasteiger partial charge is 0.368 e. The lowest BCUT2D eigenvalue weighted by Gasteiger charge is -2.28. The number of carbonyl (C=O) groups excluding carboxylic acids is 1. The summed E-state index contributed by atoms with van der Waals surface area (Å²) in [6, 6.07) is 0. The zero-order chi connectivity index (χ0) is 10.5. The van der Waals surface area contributed by atoms with E-state index in [9.17, 15) is 4.79 Å². The number of hydrogen-bond donors (Lipinski definition) is 0. The van der Waals surface area contributed by atoms with Gasteiger partial charge in [-0.15, -0.1) is 6.58 Å². The van der Waals surface area contributed by atoms with Gasteiger partial charge in [0.15, 0.2) is 0 Å². The number of hydrogen-bond acceptors (Lipinski definition) is 2. The summed E-state index contributed by atoms with van der Waals surface area (Å²) >= 11 is 0. The predicted octanol–water partition coefficient (Wildman–Crippen LogP) is 2.58. The lowest BCUT2D eigenvalue weighted by atomic mass is 10.0. The lowest BCUT2D eigenvalue weighted by Crippen LogP contribution is -2.30. The maximum Gasteiger partial charge on any atom is 0.120 e. The first-order valence-electron chi connectivity index (χ1n) is 4.64. The second-order valence-corrected chi connectivity index (χ2v) is 4.31. The second kappa shape index (κ2) is 5.18. The Bertz CT molecular complexity index is 167. The Labute approximate surface area is 81.0 Å². The minimum absolute atomic E-state index is 0.0369. The fraction of sp³-hybridized carbons (Fsp3) is 0.727. The van der Waals surface area contributed by atoms with Crippen molar-refractivity contribution in [1.29, 1.82) is 0 Å². The first kappa shape index (κ1) is 12.4. The van der Waals surface area contributed by atoms with Crippen molar-refractivity contribution >= 4 is 6.29 Å². The summed E-state index contributed by atoms with van der Waals surface area (Å²) in [6.45, 7) is 11.7. The van der Waals surface area contributed by atoms with Crippen LogP contribution >= 0.6 is 0 Å². The third-order valence-corrected chi connectivity index (χ3v) is 1.75. The molecule has 0 aromatic rings. The number of carbonyl (C=O) groups is 1. The minimum atomic E-state index is -0.185. The Morgan fingerprint density at radius 3 is 2.31 bits per heavy atom. The molecule has 2 nitrogen and oxygen atoms in total. The average Bonchev–Trinajstić information content (AvgIpc) is 1.99. The molecule has 0 aromatic carbocycles. The quantitative estimate of drug-likeness (QED) is 0.485. The molecule has 0 fully saturated rings. The van der Waals surface area contributed by atoms with E-state index in [0.29, 0.717) is 6.42 Å². The summed E-state index contributed by atoms with van der Waals surface area (Å²) in [4.78, 5) is 10.3. The van der Waals surface area contributed by atoms with Crippen molar-refractivity contribution in [2.75, 3.05) is 0 Å². The van der Waals surface area contributed by atoms with Crippen LogP contribution in [0, 0.1) is 5.92 Å². The van der Waals surface area contributed by atoms with Crippen molar-refractivity contribution in [1.82, 2.24) is 0 Å². The van der Waals surface area contributed by atoms with E-state index in [-0.39, 0.29) is 17.6 Å². The van der Waals surface area contributed by atoms with E-state index in [1.165, 1.54) is 0 Å². The highest BCUT2D eigenvalue weighted by molar-refractivity contribution is 5.49. The Morgan fingerprint density at radius 2 is 2.00 bits per heavy atom. The van der Waals surface area contributed by atoms with Gasteiger partial charge in [-0.3, -0.25) is 0 Å². The van der Waals surface area contributed by atoms with Crippen LogP contribution in [0.3, 0.4) is 0 Å². The fourth-order valence-corrected chi connectivity index (χ4v) is 1.09. The van der Waals surface area contributed by atoms with Gasteiger partial charge in [-0.05, 0) is 26.7 Å². The summed E-state index contributed by atoms with van der Waals surface area (Å²) < 4.78 is 5.72. The molecular weight excluding hydrogens is 164 g/mol. The molecule has 0 aliphatic heterocycles. The minimum Gasteiger partial charge on any atom is -0.368 e. The number of rotatable bonds is 5. The number of aldehydes is 1. The maximum atomic E-state index is 10.3. The SMILES string of the molecule is C=C[C@H](OC(C)(C)C)[C@H](C)CC=O. The molecule has 2 heteroatoms. The van der Waals surface area contributed by atoms with Crippen LogP contribution < -0.4 is 0 Å². The molecule has 13 heavy (non-hydrogen) atoms. The molecule has 0 bridgehead atoms. The Hall–Kier alpha value is -0.630. The van der Waals surface area contributed by atoms with Gasteiger partial charge < -0.3 is 9.53 Å². The van der Waals surface area contributed by atoms with E-state index < -0.39 is 0 Å². The molecule has 0 N–H and O–H groups in total. The molecule has 0 radical (unpaired) electrons. The van der Waals surface area contributed by atoms with Crippen LogP contribution in [0.5, 0.6) is 0 Å². The molecule has 0 spiro atoms. The normalized spacial score (nSPS) is 16.3. The van der Waals surface area contributed by atoms with Gasteiger partial charge in [0.05, 0.1) is 11.7 Å². The molecular formula is C11H20O2. The molecule has 0 aromatic heterocycles. The summed E-state index contributed by atoms with van der Waals surface area (Å²) in [5, 5.41) is 0. The maximum absolute atomic E-state index is 10.3. The van der Waals surface area contributed by atoms with E-state index >= 15 is 0 Å². The van der Waals surface area contributed by atoms with E-state index in [0.717, 1.165) is 6.29 Å². The molecule has 0 aliphatic rings. The highest BCUT2D eigenvalue weighted by Crippen LogP contribution is 2.19. The Kier molecular flexibility index (Phi) is 4.92. The van der Waals surface area contributed by atoms with Crippen LogP contribution in [0.2, 0.25) is 0 Å². The molecule has 0 amide bonds. The summed E-state index contributed by atoms with van der Waals surface area (Å²) in [6.07, 6.45) is 3.17. The van der Waals surface area contributed by atoms with Crippen LogP contribution in [0.25, 0.3) is 0 Å². The van der Waals surface area contributed by atoms with Crippen LogP contribution in [0.4, 0.5) is 0 Å². The van der Waals surface area contributed by atoms with Crippen molar-refractivity contribution in [2.45, 2.75) is 45.8 Å². The fourth-order valence-electron chi connectivity index (χ4n) is 1.09. The smallest absolute Gasteiger partial charge is 0.120 e. The summed E-state index contributed by atoms with van der Waals surface area (Å²) in [7, 11) is 0. The standard InChI is InChI=1S/C11H20O2/c1-6-10(9(2)7-8-12)13-11(3,4)5/h6,8-10H,1,7H2,2-5H3/t9-,10+/m1/s1. The molecule has 0 heterocycles. The average molecular weight is 184 g/mol. The van der Waals surface area contributed by atoms with Gasteiger partial charge in [-0.25, -0.2) is 0 Å². The van der Waals surface area contributed by atoms with Gasteiger partial charge in [0, 0.05) is 6.42 Å². The Morgan fingerprint density at radius 1 is 1.46 bits per heavy atom. The van der Waals surface area contributed by atoms with Crippen molar-refractivity contribution in [3.63, 3.8) is 0 Å². The molecule has 0 rings (SSSR count). The van der Waals surface area contributed by atoms with Crippen LogP contribution in [0.1, 0.15) is 34.1 Å². The topological polar surface area (TPSA) is 26.3 Å².